The number of carbonyl (C=O) groups is 1. The number of aromatic nitrogens is 2. The van der Waals surface area contributed by atoms with Gasteiger partial charge in [0.1, 0.15) is 0 Å². The number of nitrogens with one attached hydrogen (secondary N) is 2. The number of carbonyl (C=O) groups excluding carboxylic acids is 1. The van der Waals surface area contributed by atoms with E-state index < -0.39 is 0 Å². The molecule has 1 heterocycles. The summed E-state index contributed by atoms with van der Waals surface area (Å²) in [6.07, 6.45) is 4.10. The van der Waals surface area contributed by atoms with Gasteiger partial charge in [-0.2, -0.15) is 5.10 Å². The Morgan fingerprint density at radius 3 is 3.07 bits per heavy atom. The molecule has 1 rings (SSSR count). The molecule has 0 unspecified atom stereocenters. The molecular formula is C9H16N4O. The van der Waals surface area contributed by atoms with Crippen molar-refractivity contribution < 1.29 is 4.79 Å². The molecule has 0 saturated heterocycles. The van der Waals surface area contributed by atoms with Crippen molar-refractivity contribution in [2.24, 2.45) is 0 Å². The lowest BCUT2D eigenvalue weighted by Gasteiger charge is -2.15. The lowest BCUT2D eigenvalue weighted by molar-refractivity contribution is 0.0794. The molecule has 0 aliphatic rings. The van der Waals surface area contributed by atoms with Gasteiger partial charge in [-0.25, -0.2) is 0 Å². The SMILES string of the molecule is CNCCCN(C)C(=O)c1cn[nH]c1. The normalized spacial score (nSPS) is 10.1. The highest BCUT2D eigenvalue weighted by Gasteiger charge is 2.11. The Morgan fingerprint density at radius 2 is 2.50 bits per heavy atom. The van der Waals surface area contributed by atoms with Crippen LogP contribution in [-0.4, -0.2) is 48.2 Å². The molecule has 0 aliphatic carbocycles. The van der Waals surface area contributed by atoms with Crippen LogP contribution in [0.2, 0.25) is 0 Å². The molecule has 14 heavy (non-hydrogen) atoms. The first-order valence-corrected chi connectivity index (χ1v) is 4.64. The predicted molar refractivity (Wildman–Crippen MR) is 54.1 cm³/mol. The smallest absolute Gasteiger partial charge is 0.256 e. The fourth-order valence-electron chi connectivity index (χ4n) is 1.18. The second kappa shape index (κ2) is 5.39. The first-order valence-electron chi connectivity index (χ1n) is 4.64. The zero-order valence-corrected chi connectivity index (χ0v) is 8.58. The quantitative estimate of drug-likeness (QED) is 0.656. The van der Waals surface area contributed by atoms with Crippen LogP contribution in [-0.2, 0) is 0 Å². The number of amides is 1. The molecule has 0 bridgehead atoms. The van der Waals surface area contributed by atoms with E-state index in [1.807, 2.05) is 7.05 Å². The summed E-state index contributed by atoms with van der Waals surface area (Å²) in [7, 11) is 3.70. The molecule has 0 spiro atoms. The van der Waals surface area contributed by atoms with Crippen molar-refractivity contribution in [3.63, 3.8) is 0 Å². The maximum Gasteiger partial charge on any atom is 0.256 e. The van der Waals surface area contributed by atoms with Gasteiger partial charge in [-0.05, 0) is 20.0 Å². The largest absolute Gasteiger partial charge is 0.342 e. The maximum atomic E-state index is 11.6. The van der Waals surface area contributed by atoms with E-state index in [2.05, 4.69) is 15.5 Å². The number of nitrogens with zero attached hydrogens (tertiary/aromatic N) is 2. The fraction of sp³-hybridized carbons (Fsp3) is 0.556. The minimum absolute atomic E-state index is 0.00912. The predicted octanol–water partition coefficient (Wildman–Crippen LogP) is 0.0912. The van der Waals surface area contributed by atoms with Crippen LogP contribution < -0.4 is 5.32 Å². The first kappa shape index (κ1) is 10.7. The third-order valence-corrected chi connectivity index (χ3v) is 2.01. The summed E-state index contributed by atoms with van der Waals surface area (Å²) in [5.74, 6) is 0.00912. The van der Waals surface area contributed by atoms with Crippen LogP contribution in [0.1, 0.15) is 16.8 Å². The van der Waals surface area contributed by atoms with Crippen LogP contribution >= 0.6 is 0 Å². The van der Waals surface area contributed by atoms with Gasteiger partial charge in [0.05, 0.1) is 11.8 Å². The van der Waals surface area contributed by atoms with E-state index in [0.717, 1.165) is 19.5 Å². The minimum Gasteiger partial charge on any atom is -0.342 e. The number of hydrogen-bond donors (Lipinski definition) is 2. The van der Waals surface area contributed by atoms with Gasteiger partial charge in [-0.1, -0.05) is 0 Å². The van der Waals surface area contributed by atoms with Crippen LogP contribution in [0.25, 0.3) is 0 Å². The summed E-state index contributed by atoms with van der Waals surface area (Å²) in [4.78, 5) is 13.3. The second-order valence-electron chi connectivity index (χ2n) is 3.17. The molecule has 5 nitrogen and oxygen atoms in total. The van der Waals surface area contributed by atoms with Crippen molar-refractivity contribution in [1.82, 2.24) is 20.4 Å². The highest BCUT2D eigenvalue weighted by atomic mass is 16.2. The summed E-state index contributed by atoms with van der Waals surface area (Å²) in [5.41, 5.74) is 0.608. The minimum atomic E-state index is 0.00912. The summed E-state index contributed by atoms with van der Waals surface area (Å²) in [6, 6.07) is 0. The Morgan fingerprint density at radius 1 is 1.71 bits per heavy atom. The molecule has 1 aromatic rings. The Balaban J connectivity index is 2.37. The maximum absolute atomic E-state index is 11.6. The van der Waals surface area contributed by atoms with E-state index in [4.69, 9.17) is 0 Å². The first-order chi connectivity index (χ1) is 6.75. The Hall–Kier alpha value is -1.36. The van der Waals surface area contributed by atoms with Crippen LogP contribution in [0, 0.1) is 0 Å². The molecule has 0 fully saturated rings. The molecule has 5 heteroatoms. The molecule has 1 aromatic heterocycles. The third kappa shape index (κ3) is 2.85. The Kier molecular flexibility index (Phi) is 4.12. The fourth-order valence-corrected chi connectivity index (χ4v) is 1.18. The van der Waals surface area contributed by atoms with E-state index >= 15 is 0 Å². The second-order valence-corrected chi connectivity index (χ2v) is 3.17. The van der Waals surface area contributed by atoms with Crippen LogP contribution in [0.15, 0.2) is 12.4 Å². The molecule has 2 N–H and O–H groups in total. The lowest BCUT2D eigenvalue weighted by atomic mass is 10.3. The zero-order chi connectivity index (χ0) is 10.4. The molecule has 78 valence electrons. The van der Waals surface area contributed by atoms with Crippen molar-refractivity contribution in [3.8, 4) is 0 Å². The molecule has 0 atom stereocenters. The van der Waals surface area contributed by atoms with Crippen LogP contribution in [0.3, 0.4) is 0 Å². The van der Waals surface area contributed by atoms with Gasteiger partial charge in [-0.15, -0.1) is 0 Å². The number of aromatic amines is 1. The van der Waals surface area contributed by atoms with Gasteiger partial charge in [0.25, 0.3) is 5.91 Å². The van der Waals surface area contributed by atoms with Gasteiger partial charge in [0.2, 0.25) is 0 Å². The molecule has 0 aliphatic heterocycles. The monoisotopic (exact) mass is 196 g/mol. The Bertz CT molecular complexity index is 270. The van der Waals surface area contributed by atoms with Gasteiger partial charge >= 0.3 is 0 Å². The van der Waals surface area contributed by atoms with E-state index in [9.17, 15) is 4.79 Å². The lowest BCUT2D eigenvalue weighted by Crippen LogP contribution is -2.29. The third-order valence-electron chi connectivity index (χ3n) is 2.01. The summed E-state index contributed by atoms with van der Waals surface area (Å²) < 4.78 is 0. The average molecular weight is 196 g/mol. The molecule has 1 amide bonds. The molecular weight excluding hydrogens is 180 g/mol. The van der Waals surface area contributed by atoms with Crippen molar-refractivity contribution in [2.75, 3.05) is 27.2 Å². The van der Waals surface area contributed by atoms with Crippen molar-refractivity contribution in [1.29, 1.82) is 0 Å². The zero-order valence-electron chi connectivity index (χ0n) is 8.58. The summed E-state index contributed by atoms with van der Waals surface area (Å²) in [6.45, 7) is 1.67. The van der Waals surface area contributed by atoms with Crippen LogP contribution in [0.5, 0.6) is 0 Å². The average Bonchev–Trinajstić information content (AvgIpc) is 2.69. The van der Waals surface area contributed by atoms with Gasteiger partial charge in [0, 0.05) is 19.8 Å². The van der Waals surface area contributed by atoms with E-state index in [0.29, 0.717) is 5.56 Å². The highest BCUT2D eigenvalue weighted by Crippen LogP contribution is 2.00. The summed E-state index contributed by atoms with van der Waals surface area (Å²) >= 11 is 0. The summed E-state index contributed by atoms with van der Waals surface area (Å²) in [5, 5.41) is 9.40. The van der Waals surface area contributed by atoms with Gasteiger partial charge < -0.3 is 10.2 Å². The van der Waals surface area contributed by atoms with Gasteiger partial charge in [0.15, 0.2) is 0 Å². The molecule has 0 saturated carbocycles. The topological polar surface area (TPSA) is 61.0 Å². The van der Waals surface area contributed by atoms with Crippen molar-refractivity contribution >= 4 is 5.91 Å². The standard InChI is InChI=1S/C9H16N4O/c1-10-4-3-5-13(2)9(14)8-6-11-12-7-8/h6-7,10H,3-5H2,1-2H3,(H,11,12). The van der Waals surface area contributed by atoms with Gasteiger partial charge in [-0.3, -0.25) is 9.89 Å². The Labute approximate surface area is 83.5 Å². The van der Waals surface area contributed by atoms with E-state index in [1.54, 1.807) is 18.1 Å². The number of H-pyrrole nitrogens is 1. The highest BCUT2D eigenvalue weighted by molar-refractivity contribution is 5.93. The number of hydrogen-bond acceptors (Lipinski definition) is 3. The van der Waals surface area contributed by atoms with Crippen molar-refractivity contribution in [2.45, 2.75) is 6.42 Å². The number of rotatable bonds is 5. The molecule has 0 aromatic carbocycles. The van der Waals surface area contributed by atoms with E-state index in [-0.39, 0.29) is 5.91 Å². The van der Waals surface area contributed by atoms with E-state index in [1.165, 1.54) is 6.20 Å². The molecule has 0 radical (unpaired) electrons. The van der Waals surface area contributed by atoms with Crippen molar-refractivity contribution in [3.05, 3.63) is 18.0 Å². The van der Waals surface area contributed by atoms with Crippen LogP contribution in [0.4, 0.5) is 0 Å².